The van der Waals surface area contributed by atoms with Crippen LogP contribution in [0.25, 0.3) is 0 Å². The van der Waals surface area contributed by atoms with Gasteiger partial charge in [-0.2, -0.15) is 0 Å². The fourth-order valence-electron chi connectivity index (χ4n) is 3.03. The third-order valence-corrected chi connectivity index (χ3v) is 5.56. The summed E-state index contributed by atoms with van der Waals surface area (Å²) in [5.41, 5.74) is 1.48. The van der Waals surface area contributed by atoms with Gasteiger partial charge < -0.3 is 9.64 Å². The predicted molar refractivity (Wildman–Crippen MR) is 95.2 cm³/mol. The number of amides is 1. The molecule has 1 atom stereocenters. The maximum Gasteiger partial charge on any atom is 0.227 e. The van der Waals surface area contributed by atoms with Crippen molar-refractivity contribution >= 4 is 15.7 Å². The standard InChI is InChI=1S/C19H21NO4S/c1-14-13-24-17-9-5-3-8-16(17)12-20(14)19(21)11-15-7-4-6-10-18(15)25(2,22)23/h3-10,14H,11-13H2,1-2H3. The highest BCUT2D eigenvalue weighted by Gasteiger charge is 2.26. The van der Waals surface area contributed by atoms with Crippen LogP contribution in [0.15, 0.2) is 53.4 Å². The molecule has 2 aromatic rings. The molecule has 2 aromatic carbocycles. The first-order valence-corrected chi connectivity index (χ1v) is 10.0. The van der Waals surface area contributed by atoms with Gasteiger partial charge in [0.15, 0.2) is 9.84 Å². The van der Waals surface area contributed by atoms with Crippen LogP contribution in [0, 0.1) is 0 Å². The Morgan fingerprint density at radius 2 is 1.84 bits per heavy atom. The third-order valence-electron chi connectivity index (χ3n) is 4.36. The van der Waals surface area contributed by atoms with E-state index in [0.29, 0.717) is 18.7 Å². The summed E-state index contributed by atoms with van der Waals surface area (Å²) >= 11 is 0. The minimum atomic E-state index is -3.37. The Bertz CT molecular complexity index is 892. The highest BCUT2D eigenvalue weighted by Crippen LogP contribution is 2.26. The fraction of sp³-hybridized carbons (Fsp3) is 0.316. The number of rotatable bonds is 3. The number of benzene rings is 2. The molecule has 0 N–H and O–H groups in total. The van der Waals surface area contributed by atoms with Gasteiger partial charge in [-0.3, -0.25) is 4.79 Å². The Kier molecular flexibility index (Phi) is 4.81. The monoisotopic (exact) mass is 359 g/mol. The van der Waals surface area contributed by atoms with E-state index in [4.69, 9.17) is 4.74 Å². The summed E-state index contributed by atoms with van der Waals surface area (Å²) in [6.07, 6.45) is 1.21. The molecule has 0 spiro atoms. The lowest BCUT2D eigenvalue weighted by Crippen LogP contribution is -2.40. The van der Waals surface area contributed by atoms with E-state index in [1.165, 1.54) is 0 Å². The Hall–Kier alpha value is -2.34. The molecule has 6 heteroatoms. The molecule has 0 fully saturated rings. The zero-order valence-corrected chi connectivity index (χ0v) is 15.1. The number of para-hydroxylation sites is 1. The Labute approximate surface area is 148 Å². The molecule has 0 aliphatic carbocycles. The molecule has 0 aromatic heterocycles. The zero-order chi connectivity index (χ0) is 18.0. The SMILES string of the molecule is CC1COc2ccccc2CN1C(=O)Cc1ccccc1S(C)(=O)=O. The summed E-state index contributed by atoms with van der Waals surface area (Å²) in [5.74, 6) is 0.685. The Morgan fingerprint density at radius 3 is 2.60 bits per heavy atom. The lowest BCUT2D eigenvalue weighted by atomic mass is 10.1. The second-order valence-corrected chi connectivity index (χ2v) is 8.33. The van der Waals surface area contributed by atoms with Crippen molar-refractivity contribution in [2.45, 2.75) is 30.8 Å². The minimum absolute atomic E-state index is 0.0513. The van der Waals surface area contributed by atoms with Crippen LogP contribution in [-0.2, 0) is 27.6 Å². The van der Waals surface area contributed by atoms with Crippen LogP contribution in [0.1, 0.15) is 18.1 Å². The molecule has 1 amide bonds. The molecule has 25 heavy (non-hydrogen) atoms. The van der Waals surface area contributed by atoms with Crippen LogP contribution in [-0.4, -0.2) is 38.1 Å². The Balaban J connectivity index is 1.86. The number of fused-ring (bicyclic) bond motifs is 1. The van der Waals surface area contributed by atoms with E-state index in [2.05, 4.69) is 0 Å². The van der Waals surface area contributed by atoms with Crippen LogP contribution < -0.4 is 4.74 Å². The van der Waals surface area contributed by atoms with Gasteiger partial charge in [-0.25, -0.2) is 8.42 Å². The third kappa shape index (κ3) is 3.85. The first-order chi connectivity index (χ1) is 11.9. The van der Waals surface area contributed by atoms with Crippen LogP contribution >= 0.6 is 0 Å². The van der Waals surface area contributed by atoms with Gasteiger partial charge in [-0.05, 0) is 24.6 Å². The number of nitrogens with zero attached hydrogens (tertiary/aromatic N) is 1. The van der Waals surface area contributed by atoms with Crippen molar-refractivity contribution in [3.63, 3.8) is 0 Å². The van der Waals surface area contributed by atoms with Crippen LogP contribution in [0.2, 0.25) is 0 Å². The van der Waals surface area contributed by atoms with Crippen LogP contribution in [0.4, 0.5) is 0 Å². The highest BCUT2D eigenvalue weighted by atomic mass is 32.2. The van der Waals surface area contributed by atoms with Gasteiger partial charge in [0.1, 0.15) is 12.4 Å². The molecule has 1 aliphatic rings. The average molecular weight is 359 g/mol. The van der Waals surface area contributed by atoms with Gasteiger partial charge in [0.25, 0.3) is 0 Å². The lowest BCUT2D eigenvalue weighted by Gasteiger charge is -2.26. The normalized spacial score (nSPS) is 17.4. The number of ether oxygens (including phenoxy) is 1. The maximum atomic E-state index is 12.9. The Morgan fingerprint density at radius 1 is 1.16 bits per heavy atom. The highest BCUT2D eigenvalue weighted by molar-refractivity contribution is 7.90. The van der Waals surface area contributed by atoms with E-state index in [9.17, 15) is 13.2 Å². The average Bonchev–Trinajstić information content (AvgIpc) is 2.74. The largest absolute Gasteiger partial charge is 0.491 e. The summed E-state index contributed by atoms with van der Waals surface area (Å²) in [7, 11) is -3.37. The van der Waals surface area contributed by atoms with Gasteiger partial charge in [-0.15, -0.1) is 0 Å². The summed E-state index contributed by atoms with van der Waals surface area (Å²) in [5, 5.41) is 0. The summed E-state index contributed by atoms with van der Waals surface area (Å²) < 4.78 is 29.7. The second kappa shape index (κ2) is 6.88. The summed E-state index contributed by atoms with van der Waals surface area (Å²) in [4.78, 5) is 14.9. The predicted octanol–water partition coefficient (Wildman–Crippen LogP) is 2.44. The molecule has 0 radical (unpaired) electrons. The molecule has 1 unspecified atom stereocenters. The van der Waals surface area contributed by atoms with Gasteiger partial charge in [0, 0.05) is 18.4 Å². The van der Waals surface area contributed by atoms with Crippen molar-refractivity contribution in [1.29, 1.82) is 0 Å². The number of sulfone groups is 1. The molecular weight excluding hydrogens is 338 g/mol. The lowest BCUT2D eigenvalue weighted by molar-refractivity contribution is -0.133. The molecule has 132 valence electrons. The van der Waals surface area contributed by atoms with Crippen LogP contribution in [0.3, 0.4) is 0 Å². The first kappa shape index (κ1) is 17.5. The maximum absolute atomic E-state index is 12.9. The molecular formula is C19H21NO4S. The topological polar surface area (TPSA) is 63.7 Å². The van der Waals surface area contributed by atoms with Gasteiger partial charge in [0.05, 0.1) is 17.4 Å². The summed E-state index contributed by atoms with van der Waals surface area (Å²) in [6, 6.07) is 14.2. The molecule has 5 nitrogen and oxygen atoms in total. The molecule has 3 rings (SSSR count). The van der Waals surface area contributed by atoms with Crippen molar-refractivity contribution in [2.75, 3.05) is 12.9 Å². The van der Waals surface area contributed by atoms with Crippen molar-refractivity contribution in [2.24, 2.45) is 0 Å². The molecule has 1 heterocycles. The van der Waals surface area contributed by atoms with Gasteiger partial charge >= 0.3 is 0 Å². The van der Waals surface area contributed by atoms with Crippen molar-refractivity contribution in [3.8, 4) is 5.75 Å². The van der Waals surface area contributed by atoms with Crippen molar-refractivity contribution in [3.05, 3.63) is 59.7 Å². The van der Waals surface area contributed by atoms with E-state index >= 15 is 0 Å². The first-order valence-electron chi connectivity index (χ1n) is 8.14. The van der Waals surface area contributed by atoms with E-state index in [1.807, 2.05) is 31.2 Å². The number of hydrogen-bond donors (Lipinski definition) is 0. The molecule has 0 saturated heterocycles. The zero-order valence-electron chi connectivity index (χ0n) is 14.3. The smallest absolute Gasteiger partial charge is 0.227 e. The molecule has 0 bridgehead atoms. The minimum Gasteiger partial charge on any atom is -0.491 e. The fourth-order valence-corrected chi connectivity index (χ4v) is 3.97. The van der Waals surface area contributed by atoms with E-state index in [0.717, 1.165) is 17.6 Å². The molecule has 1 aliphatic heterocycles. The summed E-state index contributed by atoms with van der Waals surface area (Å²) in [6.45, 7) is 2.81. The second-order valence-electron chi connectivity index (χ2n) is 6.35. The van der Waals surface area contributed by atoms with Crippen LogP contribution in [0.5, 0.6) is 5.75 Å². The quantitative estimate of drug-likeness (QED) is 0.844. The van der Waals surface area contributed by atoms with Gasteiger partial charge in [-0.1, -0.05) is 36.4 Å². The number of hydrogen-bond acceptors (Lipinski definition) is 4. The van der Waals surface area contributed by atoms with Crippen molar-refractivity contribution in [1.82, 2.24) is 4.90 Å². The molecule has 0 saturated carbocycles. The van der Waals surface area contributed by atoms with E-state index < -0.39 is 9.84 Å². The van der Waals surface area contributed by atoms with E-state index in [-0.39, 0.29) is 23.3 Å². The number of carbonyl (C=O) groups is 1. The number of carbonyl (C=O) groups excluding carboxylic acids is 1. The van der Waals surface area contributed by atoms with Crippen molar-refractivity contribution < 1.29 is 17.9 Å². The van der Waals surface area contributed by atoms with Gasteiger partial charge in [0.2, 0.25) is 5.91 Å². The van der Waals surface area contributed by atoms with E-state index in [1.54, 1.807) is 29.2 Å².